The number of ether oxygens (including phenoxy) is 1. The summed E-state index contributed by atoms with van der Waals surface area (Å²) < 4.78 is 5.45. The lowest BCUT2D eigenvalue weighted by Crippen LogP contribution is -2.27. The Kier molecular flexibility index (Phi) is 3.57. The molecule has 1 aliphatic carbocycles. The van der Waals surface area contributed by atoms with Gasteiger partial charge < -0.3 is 4.74 Å². The molecule has 71 valence electrons. The SMILES string of the molecule is CO[C]1CC(C)CCC1C(C)C. The lowest BCUT2D eigenvalue weighted by Gasteiger charge is -2.35. The van der Waals surface area contributed by atoms with Crippen molar-refractivity contribution in [2.45, 2.75) is 40.0 Å². The molecule has 0 bridgehead atoms. The monoisotopic (exact) mass is 169 g/mol. The maximum absolute atomic E-state index is 5.45. The minimum absolute atomic E-state index is 0.714. The van der Waals surface area contributed by atoms with E-state index in [1.165, 1.54) is 25.4 Å². The molecule has 2 atom stereocenters. The highest BCUT2D eigenvalue weighted by Gasteiger charge is 2.31. The van der Waals surface area contributed by atoms with E-state index in [-0.39, 0.29) is 0 Å². The van der Waals surface area contributed by atoms with Gasteiger partial charge in [-0.1, -0.05) is 27.2 Å². The van der Waals surface area contributed by atoms with Crippen molar-refractivity contribution in [1.82, 2.24) is 0 Å². The average molecular weight is 169 g/mol. The van der Waals surface area contributed by atoms with Gasteiger partial charge in [0.2, 0.25) is 0 Å². The van der Waals surface area contributed by atoms with Crippen LogP contribution in [0.2, 0.25) is 0 Å². The van der Waals surface area contributed by atoms with E-state index >= 15 is 0 Å². The summed E-state index contributed by atoms with van der Waals surface area (Å²) in [6.07, 6.45) is 5.21. The van der Waals surface area contributed by atoms with Gasteiger partial charge in [0.15, 0.2) is 0 Å². The summed E-state index contributed by atoms with van der Waals surface area (Å²) >= 11 is 0. The molecule has 1 nitrogen and oxygen atoms in total. The third-order valence-electron chi connectivity index (χ3n) is 3.00. The maximum Gasteiger partial charge on any atom is 0.100 e. The molecule has 0 aliphatic heterocycles. The first-order valence-corrected chi connectivity index (χ1v) is 5.04. The number of hydrogen-bond donors (Lipinski definition) is 0. The molecular formula is C11H21O. The van der Waals surface area contributed by atoms with Gasteiger partial charge in [0.25, 0.3) is 0 Å². The van der Waals surface area contributed by atoms with Crippen molar-refractivity contribution in [3.8, 4) is 0 Å². The zero-order chi connectivity index (χ0) is 9.14. The fraction of sp³-hybridized carbons (Fsp3) is 0.909. The van der Waals surface area contributed by atoms with E-state index in [2.05, 4.69) is 20.8 Å². The fourth-order valence-corrected chi connectivity index (χ4v) is 2.16. The summed E-state index contributed by atoms with van der Waals surface area (Å²) in [5, 5.41) is 0. The first kappa shape index (κ1) is 10.0. The molecule has 0 aromatic rings. The van der Waals surface area contributed by atoms with Crippen LogP contribution in [0.15, 0.2) is 0 Å². The molecule has 1 saturated carbocycles. The predicted octanol–water partition coefficient (Wildman–Crippen LogP) is 3.26. The van der Waals surface area contributed by atoms with Crippen LogP contribution in [-0.2, 0) is 4.74 Å². The van der Waals surface area contributed by atoms with Crippen LogP contribution < -0.4 is 0 Å². The topological polar surface area (TPSA) is 9.23 Å². The van der Waals surface area contributed by atoms with Gasteiger partial charge >= 0.3 is 0 Å². The first-order chi connectivity index (χ1) is 5.65. The number of methoxy groups -OCH3 is 1. The van der Waals surface area contributed by atoms with Crippen molar-refractivity contribution in [3.05, 3.63) is 6.10 Å². The first-order valence-electron chi connectivity index (χ1n) is 5.04. The maximum atomic E-state index is 5.45. The van der Waals surface area contributed by atoms with E-state index in [4.69, 9.17) is 4.74 Å². The van der Waals surface area contributed by atoms with Crippen molar-refractivity contribution in [1.29, 1.82) is 0 Å². The Balaban J connectivity index is 2.50. The molecule has 1 aliphatic rings. The van der Waals surface area contributed by atoms with Gasteiger partial charge in [0.1, 0.15) is 6.10 Å². The Morgan fingerprint density at radius 1 is 1.33 bits per heavy atom. The molecule has 1 rings (SSSR count). The third-order valence-corrected chi connectivity index (χ3v) is 3.00. The molecule has 0 amide bonds. The Morgan fingerprint density at radius 2 is 2.00 bits per heavy atom. The van der Waals surface area contributed by atoms with Crippen molar-refractivity contribution in [2.75, 3.05) is 7.11 Å². The summed E-state index contributed by atoms with van der Waals surface area (Å²) in [4.78, 5) is 0. The Labute approximate surface area is 76.5 Å². The van der Waals surface area contributed by atoms with Crippen molar-refractivity contribution >= 4 is 0 Å². The van der Waals surface area contributed by atoms with Crippen LogP contribution in [0, 0.1) is 23.9 Å². The largest absolute Gasteiger partial charge is 0.375 e. The van der Waals surface area contributed by atoms with Gasteiger partial charge in [-0.2, -0.15) is 0 Å². The molecule has 0 aromatic heterocycles. The van der Waals surface area contributed by atoms with E-state index in [0.717, 1.165) is 11.8 Å². The highest BCUT2D eigenvalue weighted by Crippen LogP contribution is 2.39. The zero-order valence-corrected chi connectivity index (χ0v) is 8.76. The lowest BCUT2D eigenvalue weighted by atomic mass is 9.75. The Hall–Kier alpha value is -0.0400. The zero-order valence-electron chi connectivity index (χ0n) is 8.76. The van der Waals surface area contributed by atoms with Gasteiger partial charge in [-0.05, 0) is 30.6 Å². The highest BCUT2D eigenvalue weighted by atomic mass is 16.5. The Morgan fingerprint density at radius 3 is 2.50 bits per heavy atom. The number of hydrogen-bond acceptors (Lipinski definition) is 1. The molecule has 0 spiro atoms. The van der Waals surface area contributed by atoms with Gasteiger partial charge in [0, 0.05) is 7.11 Å². The van der Waals surface area contributed by atoms with Crippen molar-refractivity contribution < 1.29 is 4.74 Å². The molecular weight excluding hydrogens is 148 g/mol. The minimum atomic E-state index is 0.714. The number of rotatable bonds is 2. The second kappa shape index (κ2) is 4.27. The summed E-state index contributed by atoms with van der Waals surface area (Å²) in [6.45, 7) is 6.90. The third kappa shape index (κ3) is 2.22. The van der Waals surface area contributed by atoms with Crippen LogP contribution in [0.5, 0.6) is 0 Å². The van der Waals surface area contributed by atoms with Crippen LogP contribution in [-0.4, -0.2) is 7.11 Å². The summed E-state index contributed by atoms with van der Waals surface area (Å²) in [5.41, 5.74) is 0. The van der Waals surface area contributed by atoms with E-state index in [9.17, 15) is 0 Å². The van der Waals surface area contributed by atoms with Crippen LogP contribution in [0.1, 0.15) is 40.0 Å². The van der Waals surface area contributed by atoms with Crippen LogP contribution in [0.25, 0.3) is 0 Å². The summed E-state index contributed by atoms with van der Waals surface area (Å²) in [5.74, 6) is 2.29. The average Bonchev–Trinajstić information content (AvgIpc) is 2.03. The normalized spacial score (nSPS) is 32.8. The molecule has 1 radical (unpaired) electrons. The summed E-state index contributed by atoms with van der Waals surface area (Å²) in [6, 6.07) is 0. The molecule has 0 N–H and O–H groups in total. The standard InChI is InChI=1S/C11H21O/c1-8(2)10-6-5-9(3)7-11(10)12-4/h8-10H,5-7H2,1-4H3. The van der Waals surface area contributed by atoms with Crippen LogP contribution in [0.4, 0.5) is 0 Å². The van der Waals surface area contributed by atoms with Crippen LogP contribution in [0.3, 0.4) is 0 Å². The van der Waals surface area contributed by atoms with Gasteiger partial charge in [-0.25, -0.2) is 0 Å². The lowest BCUT2D eigenvalue weighted by molar-refractivity contribution is 0.0797. The molecule has 12 heavy (non-hydrogen) atoms. The molecule has 0 heterocycles. The molecule has 1 fully saturated rings. The van der Waals surface area contributed by atoms with E-state index in [0.29, 0.717) is 5.92 Å². The molecule has 0 saturated heterocycles. The van der Waals surface area contributed by atoms with Crippen molar-refractivity contribution in [2.24, 2.45) is 17.8 Å². The van der Waals surface area contributed by atoms with E-state index in [1.807, 2.05) is 7.11 Å². The molecule has 2 unspecified atom stereocenters. The van der Waals surface area contributed by atoms with Crippen LogP contribution >= 0.6 is 0 Å². The Bertz CT molecular complexity index is 131. The quantitative estimate of drug-likeness (QED) is 0.616. The van der Waals surface area contributed by atoms with E-state index in [1.54, 1.807) is 0 Å². The second-order valence-corrected chi connectivity index (χ2v) is 4.41. The fourth-order valence-electron chi connectivity index (χ4n) is 2.16. The second-order valence-electron chi connectivity index (χ2n) is 4.41. The smallest absolute Gasteiger partial charge is 0.100 e. The molecule has 0 aromatic carbocycles. The molecule has 1 heteroatoms. The van der Waals surface area contributed by atoms with Gasteiger partial charge in [-0.3, -0.25) is 0 Å². The van der Waals surface area contributed by atoms with E-state index < -0.39 is 0 Å². The summed E-state index contributed by atoms with van der Waals surface area (Å²) in [7, 11) is 1.82. The highest BCUT2D eigenvalue weighted by molar-refractivity contribution is 4.94. The minimum Gasteiger partial charge on any atom is -0.375 e. The van der Waals surface area contributed by atoms with Crippen molar-refractivity contribution in [3.63, 3.8) is 0 Å². The predicted molar refractivity (Wildman–Crippen MR) is 51.6 cm³/mol. The van der Waals surface area contributed by atoms with Gasteiger partial charge in [-0.15, -0.1) is 0 Å². The van der Waals surface area contributed by atoms with Gasteiger partial charge in [0.05, 0.1) is 0 Å².